The topological polar surface area (TPSA) is 88.3 Å². The number of pyridine rings is 1. The summed E-state index contributed by atoms with van der Waals surface area (Å²) in [5, 5.41) is 0.539. The summed E-state index contributed by atoms with van der Waals surface area (Å²) in [5.74, 6) is -0.145. The SMILES string of the molecule is Cc1ccc(N(C(=O)c2cn(Cc3ccc(Cl)nc3Cl)c(C)n2)S(=O)O)cc1. The van der Waals surface area contributed by atoms with Crippen LogP contribution < -0.4 is 4.31 Å². The molecule has 1 N–H and O–H groups in total. The van der Waals surface area contributed by atoms with Crippen LogP contribution >= 0.6 is 23.2 Å². The van der Waals surface area contributed by atoms with Crippen molar-refractivity contribution in [1.29, 1.82) is 0 Å². The van der Waals surface area contributed by atoms with Crippen molar-refractivity contribution < 1.29 is 13.6 Å². The van der Waals surface area contributed by atoms with Gasteiger partial charge in [-0.1, -0.05) is 47.0 Å². The molecule has 0 bridgehead atoms. The number of carbonyl (C=O) groups excluding carboxylic acids is 1. The molecule has 28 heavy (non-hydrogen) atoms. The van der Waals surface area contributed by atoms with E-state index in [0.29, 0.717) is 23.6 Å². The maximum atomic E-state index is 12.8. The molecule has 2 aromatic heterocycles. The summed E-state index contributed by atoms with van der Waals surface area (Å²) in [5.41, 5.74) is 2.01. The summed E-state index contributed by atoms with van der Waals surface area (Å²) >= 11 is 9.38. The van der Waals surface area contributed by atoms with Crippen molar-refractivity contribution >= 4 is 46.1 Å². The highest BCUT2D eigenvalue weighted by Crippen LogP contribution is 2.21. The number of imidazole rings is 1. The fraction of sp³-hybridized carbons (Fsp3) is 0.167. The van der Waals surface area contributed by atoms with Gasteiger partial charge in [0.15, 0.2) is 0 Å². The van der Waals surface area contributed by atoms with Gasteiger partial charge in [0.05, 0.1) is 12.2 Å². The molecule has 0 aliphatic rings. The van der Waals surface area contributed by atoms with Crippen molar-refractivity contribution in [2.45, 2.75) is 20.4 Å². The van der Waals surface area contributed by atoms with E-state index >= 15 is 0 Å². The van der Waals surface area contributed by atoms with E-state index in [0.717, 1.165) is 9.87 Å². The number of hydrogen-bond donors (Lipinski definition) is 1. The van der Waals surface area contributed by atoms with E-state index < -0.39 is 17.2 Å². The molecular weight excluding hydrogens is 423 g/mol. The van der Waals surface area contributed by atoms with Crippen molar-refractivity contribution in [3.05, 3.63) is 75.5 Å². The molecule has 1 amide bonds. The Kier molecular flexibility index (Phi) is 6.14. The summed E-state index contributed by atoms with van der Waals surface area (Å²) in [6, 6.07) is 10.1. The van der Waals surface area contributed by atoms with Crippen molar-refractivity contribution in [3.8, 4) is 0 Å². The molecule has 10 heteroatoms. The minimum Gasteiger partial charge on any atom is -0.330 e. The molecule has 1 atom stereocenters. The molecule has 0 fully saturated rings. The highest BCUT2D eigenvalue weighted by molar-refractivity contribution is 7.81. The van der Waals surface area contributed by atoms with E-state index in [-0.39, 0.29) is 16.0 Å². The van der Waals surface area contributed by atoms with Gasteiger partial charge in [-0.25, -0.2) is 18.5 Å². The summed E-state index contributed by atoms with van der Waals surface area (Å²) in [4.78, 5) is 21.1. The molecule has 7 nitrogen and oxygen atoms in total. The molecule has 0 spiro atoms. The zero-order valence-corrected chi connectivity index (χ0v) is 17.3. The maximum absolute atomic E-state index is 12.8. The highest BCUT2D eigenvalue weighted by Gasteiger charge is 2.25. The lowest BCUT2D eigenvalue weighted by molar-refractivity contribution is 0.100. The number of halogens is 2. The zero-order chi connectivity index (χ0) is 20.4. The molecule has 0 aliphatic carbocycles. The number of anilines is 1. The van der Waals surface area contributed by atoms with Crippen LogP contribution in [0.4, 0.5) is 5.69 Å². The average Bonchev–Trinajstić information content (AvgIpc) is 2.99. The average molecular weight is 439 g/mol. The first-order chi connectivity index (χ1) is 13.3. The summed E-state index contributed by atoms with van der Waals surface area (Å²) in [6.07, 6.45) is 1.51. The Labute approximate surface area is 174 Å². The summed E-state index contributed by atoms with van der Waals surface area (Å²) < 4.78 is 23.9. The summed E-state index contributed by atoms with van der Waals surface area (Å²) in [7, 11) is 0. The molecule has 3 rings (SSSR count). The van der Waals surface area contributed by atoms with Gasteiger partial charge in [-0.2, -0.15) is 0 Å². The lowest BCUT2D eigenvalue weighted by Gasteiger charge is -2.16. The Morgan fingerprint density at radius 3 is 2.43 bits per heavy atom. The first-order valence-electron chi connectivity index (χ1n) is 8.13. The van der Waals surface area contributed by atoms with Crippen LogP contribution in [0.15, 0.2) is 42.6 Å². The third kappa shape index (κ3) is 4.41. The first kappa shape index (κ1) is 20.5. The van der Waals surface area contributed by atoms with Crippen LogP contribution in [0.5, 0.6) is 0 Å². The van der Waals surface area contributed by atoms with Gasteiger partial charge in [0.1, 0.15) is 21.8 Å². The highest BCUT2D eigenvalue weighted by atomic mass is 35.5. The number of carbonyl (C=O) groups is 1. The number of hydrogen-bond acceptors (Lipinski definition) is 4. The van der Waals surface area contributed by atoms with Gasteiger partial charge in [-0.15, -0.1) is 0 Å². The standard InChI is InChI=1S/C18H16Cl2N4O3S/c1-11-3-6-14(7-4-11)24(28(26)27)18(25)15-10-23(12(2)21-15)9-13-5-8-16(19)22-17(13)20/h3-8,10H,9H2,1-2H3,(H,26,27). The van der Waals surface area contributed by atoms with Gasteiger partial charge in [0, 0.05) is 11.8 Å². The lowest BCUT2D eigenvalue weighted by Crippen LogP contribution is -2.32. The van der Waals surface area contributed by atoms with Crippen LogP contribution in [0, 0.1) is 13.8 Å². The molecule has 3 aromatic rings. The van der Waals surface area contributed by atoms with E-state index in [1.165, 1.54) is 6.20 Å². The van der Waals surface area contributed by atoms with Crippen LogP contribution in [-0.4, -0.2) is 29.2 Å². The smallest absolute Gasteiger partial charge is 0.292 e. The molecule has 2 heterocycles. The number of benzene rings is 1. The number of amides is 1. The molecule has 0 radical (unpaired) electrons. The minimum absolute atomic E-state index is 0.0403. The normalized spacial score (nSPS) is 12.0. The Morgan fingerprint density at radius 2 is 1.82 bits per heavy atom. The first-order valence-corrected chi connectivity index (χ1v) is 9.95. The van der Waals surface area contributed by atoms with Crippen molar-refractivity contribution in [2.24, 2.45) is 0 Å². The second-order valence-corrected chi connectivity index (χ2v) is 7.62. The fourth-order valence-electron chi connectivity index (χ4n) is 2.58. The lowest BCUT2D eigenvalue weighted by atomic mass is 10.2. The quantitative estimate of drug-likeness (QED) is 0.479. The van der Waals surface area contributed by atoms with Crippen molar-refractivity contribution in [3.63, 3.8) is 0 Å². The number of aryl methyl sites for hydroxylation is 2. The van der Waals surface area contributed by atoms with Gasteiger partial charge in [-0.3, -0.25) is 9.35 Å². The molecule has 0 saturated heterocycles. The Bertz CT molecular complexity index is 1050. The van der Waals surface area contributed by atoms with E-state index in [1.807, 2.05) is 6.92 Å². The van der Waals surface area contributed by atoms with Gasteiger partial charge in [-0.05, 0) is 32.0 Å². The number of nitrogens with zero attached hydrogens (tertiary/aromatic N) is 4. The van der Waals surface area contributed by atoms with Crippen molar-refractivity contribution in [1.82, 2.24) is 14.5 Å². The van der Waals surface area contributed by atoms with E-state index in [4.69, 9.17) is 23.2 Å². The molecular formula is C18H16Cl2N4O3S. The van der Waals surface area contributed by atoms with Crippen LogP contribution in [-0.2, 0) is 17.8 Å². The van der Waals surface area contributed by atoms with Crippen LogP contribution in [0.3, 0.4) is 0 Å². The second kappa shape index (κ2) is 8.40. The third-order valence-electron chi connectivity index (χ3n) is 4.04. The van der Waals surface area contributed by atoms with Crippen LogP contribution in [0.25, 0.3) is 0 Å². The number of aromatic nitrogens is 3. The Balaban J connectivity index is 1.90. The molecule has 1 unspecified atom stereocenters. The summed E-state index contributed by atoms with van der Waals surface area (Å²) in [6.45, 7) is 3.93. The second-order valence-electron chi connectivity index (χ2n) is 6.05. The van der Waals surface area contributed by atoms with E-state index in [1.54, 1.807) is 47.9 Å². The predicted octanol–water partition coefficient (Wildman–Crippen LogP) is 4.03. The number of rotatable bonds is 5. The van der Waals surface area contributed by atoms with Crippen LogP contribution in [0.1, 0.15) is 27.4 Å². The molecule has 0 aliphatic heterocycles. The minimum atomic E-state index is -2.54. The maximum Gasteiger partial charge on any atom is 0.292 e. The van der Waals surface area contributed by atoms with Gasteiger partial charge in [0.2, 0.25) is 0 Å². The van der Waals surface area contributed by atoms with E-state index in [9.17, 15) is 13.6 Å². The van der Waals surface area contributed by atoms with Gasteiger partial charge < -0.3 is 4.57 Å². The predicted molar refractivity (Wildman–Crippen MR) is 109 cm³/mol. The van der Waals surface area contributed by atoms with Crippen LogP contribution in [0.2, 0.25) is 10.3 Å². The molecule has 1 aromatic carbocycles. The largest absolute Gasteiger partial charge is 0.330 e. The van der Waals surface area contributed by atoms with Gasteiger partial charge in [0.25, 0.3) is 17.2 Å². The fourth-order valence-corrected chi connectivity index (χ4v) is 3.52. The molecule has 0 saturated carbocycles. The zero-order valence-electron chi connectivity index (χ0n) is 15.0. The molecule has 146 valence electrons. The third-order valence-corrected chi connectivity index (χ3v) is 5.26. The van der Waals surface area contributed by atoms with Crippen molar-refractivity contribution in [2.75, 3.05) is 4.31 Å². The van der Waals surface area contributed by atoms with E-state index in [2.05, 4.69) is 9.97 Å². The Morgan fingerprint density at radius 1 is 1.14 bits per heavy atom. The van der Waals surface area contributed by atoms with Gasteiger partial charge >= 0.3 is 0 Å². The Hall–Kier alpha value is -2.26. The monoisotopic (exact) mass is 438 g/mol.